The van der Waals surface area contributed by atoms with E-state index in [1.165, 1.54) is 19.4 Å². The highest BCUT2D eigenvalue weighted by Crippen LogP contribution is 2.31. The van der Waals surface area contributed by atoms with Crippen LogP contribution >= 0.6 is 0 Å². The van der Waals surface area contributed by atoms with Gasteiger partial charge in [-0.15, -0.1) is 0 Å². The zero-order valence-corrected chi connectivity index (χ0v) is 15.4. The standard InChI is InChI=1S/C19H33N3O2/c1-3-20-11-6-9-17(20)18-10-7-13-22(18)19(24)14-16-8-4-5-12-21(16)15(2)23/h16-18H,3-14H2,1-2H3. The summed E-state index contributed by atoms with van der Waals surface area (Å²) in [5.41, 5.74) is 0. The summed E-state index contributed by atoms with van der Waals surface area (Å²) in [6.45, 7) is 7.86. The van der Waals surface area contributed by atoms with Crippen LogP contribution in [0, 0.1) is 0 Å². The van der Waals surface area contributed by atoms with E-state index in [2.05, 4.69) is 16.7 Å². The first kappa shape index (κ1) is 17.7. The first-order chi connectivity index (χ1) is 11.6. The zero-order valence-electron chi connectivity index (χ0n) is 15.4. The monoisotopic (exact) mass is 335 g/mol. The molecule has 0 aromatic rings. The van der Waals surface area contributed by atoms with Crippen LogP contribution in [0.2, 0.25) is 0 Å². The number of piperidine rings is 1. The number of likely N-dealkylation sites (tertiary alicyclic amines) is 3. The van der Waals surface area contributed by atoms with Gasteiger partial charge in [-0.05, 0) is 58.0 Å². The summed E-state index contributed by atoms with van der Waals surface area (Å²) in [6, 6.07) is 1.07. The first-order valence-corrected chi connectivity index (χ1v) is 9.92. The number of carbonyl (C=O) groups excluding carboxylic acids is 2. The van der Waals surface area contributed by atoms with Crippen LogP contribution in [0.3, 0.4) is 0 Å². The molecular formula is C19H33N3O2. The summed E-state index contributed by atoms with van der Waals surface area (Å²) >= 11 is 0. The van der Waals surface area contributed by atoms with Crippen LogP contribution < -0.4 is 0 Å². The first-order valence-electron chi connectivity index (χ1n) is 9.92. The molecule has 0 aromatic carbocycles. The van der Waals surface area contributed by atoms with Crippen molar-refractivity contribution in [3.8, 4) is 0 Å². The quantitative estimate of drug-likeness (QED) is 0.791. The molecule has 3 aliphatic rings. The summed E-state index contributed by atoms with van der Waals surface area (Å²) in [4.78, 5) is 31.5. The largest absolute Gasteiger partial charge is 0.339 e. The Hall–Kier alpha value is -1.10. The molecule has 3 fully saturated rings. The Labute approximate surface area is 146 Å². The molecule has 0 N–H and O–H groups in total. The fourth-order valence-electron chi connectivity index (χ4n) is 5.13. The predicted molar refractivity (Wildman–Crippen MR) is 94.6 cm³/mol. The summed E-state index contributed by atoms with van der Waals surface area (Å²) < 4.78 is 0. The molecule has 0 bridgehead atoms. The average molecular weight is 335 g/mol. The zero-order chi connectivity index (χ0) is 17.1. The van der Waals surface area contributed by atoms with E-state index in [1.807, 2.05) is 4.90 Å². The van der Waals surface area contributed by atoms with Gasteiger partial charge in [0.1, 0.15) is 0 Å². The summed E-state index contributed by atoms with van der Waals surface area (Å²) in [5.74, 6) is 0.400. The molecule has 3 atom stereocenters. The van der Waals surface area contributed by atoms with Crippen LogP contribution in [0.5, 0.6) is 0 Å². The van der Waals surface area contributed by atoms with Crippen molar-refractivity contribution in [2.45, 2.75) is 83.3 Å². The lowest BCUT2D eigenvalue weighted by Gasteiger charge is -2.38. The van der Waals surface area contributed by atoms with Crippen molar-refractivity contribution in [1.29, 1.82) is 0 Å². The van der Waals surface area contributed by atoms with Gasteiger partial charge >= 0.3 is 0 Å². The number of likely N-dealkylation sites (N-methyl/N-ethyl adjacent to an activating group) is 1. The molecule has 3 heterocycles. The molecule has 0 spiro atoms. The van der Waals surface area contributed by atoms with Crippen LogP contribution in [0.1, 0.15) is 65.2 Å². The lowest BCUT2D eigenvalue weighted by Crippen LogP contribution is -2.50. The van der Waals surface area contributed by atoms with E-state index in [0.29, 0.717) is 18.5 Å². The van der Waals surface area contributed by atoms with Gasteiger partial charge in [0.15, 0.2) is 0 Å². The summed E-state index contributed by atoms with van der Waals surface area (Å²) in [7, 11) is 0. The van der Waals surface area contributed by atoms with Crippen LogP contribution in [0.25, 0.3) is 0 Å². The van der Waals surface area contributed by atoms with Crippen molar-refractivity contribution < 1.29 is 9.59 Å². The second-order valence-corrected chi connectivity index (χ2v) is 7.70. The number of nitrogens with zero attached hydrogens (tertiary/aromatic N) is 3. The third kappa shape index (κ3) is 3.61. The number of amides is 2. The number of carbonyl (C=O) groups is 2. The maximum absolute atomic E-state index is 13.0. The molecule has 136 valence electrons. The molecule has 3 saturated heterocycles. The third-order valence-corrected chi connectivity index (χ3v) is 6.33. The fraction of sp³-hybridized carbons (Fsp3) is 0.895. The molecule has 2 amide bonds. The number of hydrogen-bond acceptors (Lipinski definition) is 3. The summed E-state index contributed by atoms with van der Waals surface area (Å²) in [5, 5.41) is 0. The Morgan fingerprint density at radius 1 is 0.875 bits per heavy atom. The van der Waals surface area contributed by atoms with E-state index in [0.717, 1.165) is 51.7 Å². The van der Waals surface area contributed by atoms with E-state index in [-0.39, 0.29) is 17.9 Å². The maximum Gasteiger partial charge on any atom is 0.224 e. The minimum Gasteiger partial charge on any atom is -0.339 e. The van der Waals surface area contributed by atoms with Crippen molar-refractivity contribution in [1.82, 2.24) is 14.7 Å². The molecule has 5 heteroatoms. The predicted octanol–water partition coefficient (Wildman–Crippen LogP) is 2.25. The molecular weight excluding hydrogens is 302 g/mol. The highest BCUT2D eigenvalue weighted by molar-refractivity contribution is 5.79. The van der Waals surface area contributed by atoms with E-state index in [4.69, 9.17) is 0 Å². The van der Waals surface area contributed by atoms with Crippen molar-refractivity contribution in [2.75, 3.05) is 26.2 Å². The topological polar surface area (TPSA) is 43.9 Å². The van der Waals surface area contributed by atoms with Gasteiger partial charge in [0.25, 0.3) is 0 Å². The third-order valence-electron chi connectivity index (χ3n) is 6.33. The Bertz CT molecular complexity index is 468. The second-order valence-electron chi connectivity index (χ2n) is 7.70. The molecule has 0 saturated carbocycles. The SMILES string of the molecule is CCN1CCCC1C1CCCN1C(=O)CC1CCCCN1C(C)=O. The number of rotatable bonds is 4. The molecule has 24 heavy (non-hydrogen) atoms. The normalized spacial score (nSPS) is 31.7. The lowest BCUT2D eigenvalue weighted by molar-refractivity contribution is -0.138. The van der Waals surface area contributed by atoms with E-state index in [1.54, 1.807) is 6.92 Å². The minimum absolute atomic E-state index is 0.121. The van der Waals surface area contributed by atoms with Crippen LogP contribution in [-0.2, 0) is 9.59 Å². The van der Waals surface area contributed by atoms with Gasteiger partial charge in [-0.3, -0.25) is 14.5 Å². The molecule has 3 unspecified atom stereocenters. The highest BCUT2D eigenvalue weighted by atomic mass is 16.2. The summed E-state index contributed by atoms with van der Waals surface area (Å²) in [6.07, 6.45) is 8.48. The van der Waals surface area contributed by atoms with Crippen molar-refractivity contribution in [3.05, 3.63) is 0 Å². The van der Waals surface area contributed by atoms with Gasteiger partial charge in [0.2, 0.25) is 11.8 Å². The van der Waals surface area contributed by atoms with Gasteiger partial charge in [-0.25, -0.2) is 0 Å². The van der Waals surface area contributed by atoms with Crippen LogP contribution in [-0.4, -0.2) is 70.8 Å². The molecule has 0 aromatic heterocycles. The maximum atomic E-state index is 13.0. The smallest absolute Gasteiger partial charge is 0.224 e. The van der Waals surface area contributed by atoms with Gasteiger partial charge in [0, 0.05) is 44.6 Å². The van der Waals surface area contributed by atoms with Gasteiger partial charge in [-0.2, -0.15) is 0 Å². The Balaban J connectivity index is 1.64. The molecule has 3 rings (SSSR count). The van der Waals surface area contributed by atoms with E-state index < -0.39 is 0 Å². The molecule has 0 radical (unpaired) electrons. The highest BCUT2D eigenvalue weighted by Gasteiger charge is 2.40. The van der Waals surface area contributed by atoms with Gasteiger partial charge in [0.05, 0.1) is 0 Å². The van der Waals surface area contributed by atoms with E-state index >= 15 is 0 Å². The minimum atomic E-state index is 0.121. The number of hydrogen-bond donors (Lipinski definition) is 0. The van der Waals surface area contributed by atoms with Crippen molar-refractivity contribution in [3.63, 3.8) is 0 Å². The molecule has 0 aliphatic carbocycles. The van der Waals surface area contributed by atoms with Crippen LogP contribution in [0.15, 0.2) is 0 Å². The van der Waals surface area contributed by atoms with Crippen molar-refractivity contribution in [2.24, 2.45) is 0 Å². The second kappa shape index (κ2) is 7.85. The Morgan fingerprint density at radius 3 is 2.33 bits per heavy atom. The lowest BCUT2D eigenvalue weighted by atomic mass is 9.97. The molecule has 3 aliphatic heterocycles. The van der Waals surface area contributed by atoms with Crippen molar-refractivity contribution >= 4 is 11.8 Å². The van der Waals surface area contributed by atoms with E-state index in [9.17, 15) is 9.59 Å². The van der Waals surface area contributed by atoms with Gasteiger partial charge in [-0.1, -0.05) is 6.92 Å². The molecule has 5 nitrogen and oxygen atoms in total. The van der Waals surface area contributed by atoms with Gasteiger partial charge < -0.3 is 9.80 Å². The fourth-order valence-corrected chi connectivity index (χ4v) is 5.13. The van der Waals surface area contributed by atoms with Crippen LogP contribution in [0.4, 0.5) is 0 Å². The average Bonchev–Trinajstić information content (AvgIpc) is 3.23. The Morgan fingerprint density at radius 2 is 1.58 bits per heavy atom. The Kier molecular flexibility index (Phi) is 5.80.